The van der Waals surface area contributed by atoms with Crippen LogP contribution in [0.3, 0.4) is 0 Å². The number of aliphatic hydroxyl groups excluding tert-OH is 1. The first-order valence-corrected chi connectivity index (χ1v) is 6.32. The highest BCUT2D eigenvalue weighted by molar-refractivity contribution is 5.99. The summed E-state index contributed by atoms with van der Waals surface area (Å²) in [4.78, 5) is 11.7. The SMILES string of the molecule is CCCCC/C=C/C1=C(CO)CCCC1=O. The van der Waals surface area contributed by atoms with Gasteiger partial charge in [-0.25, -0.2) is 0 Å². The van der Waals surface area contributed by atoms with Crippen molar-refractivity contribution in [1.29, 1.82) is 0 Å². The van der Waals surface area contributed by atoms with E-state index >= 15 is 0 Å². The van der Waals surface area contributed by atoms with Gasteiger partial charge in [0.2, 0.25) is 0 Å². The number of unbranched alkanes of at least 4 members (excludes halogenated alkanes) is 3. The third kappa shape index (κ3) is 3.93. The summed E-state index contributed by atoms with van der Waals surface area (Å²) in [5.74, 6) is 0.196. The van der Waals surface area contributed by atoms with E-state index in [0.717, 1.165) is 30.4 Å². The van der Waals surface area contributed by atoms with Crippen LogP contribution >= 0.6 is 0 Å². The summed E-state index contributed by atoms with van der Waals surface area (Å²) in [6, 6.07) is 0. The Morgan fingerprint density at radius 2 is 2.12 bits per heavy atom. The Hall–Kier alpha value is -0.890. The van der Waals surface area contributed by atoms with E-state index in [9.17, 15) is 9.90 Å². The quantitative estimate of drug-likeness (QED) is 0.701. The molecule has 1 aliphatic rings. The van der Waals surface area contributed by atoms with Crippen molar-refractivity contribution in [2.45, 2.75) is 51.9 Å². The number of carbonyl (C=O) groups is 1. The van der Waals surface area contributed by atoms with Crippen molar-refractivity contribution in [1.82, 2.24) is 0 Å². The summed E-state index contributed by atoms with van der Waals surface area (Å²) in [5, 5.41) is 9.18. The molecule has 0 radical (unpaired) electrons. The van der Waals surface area contributed by atoms with E-state index in [1.54, 1.807) is 0 Å². The highest BCUT2D eigenvalue weighted by atomic mass is 16.3. The van der Waals surface area contributed by atoms with E-state index in [0.29, 0.717) is 6.42 Å². The second kappa shape index (κ2) is 7.39. The van der Waals surface area contributed by atoms with E-state index in [4.69, 9.17) is 0 Å². The average molecular weight is 222 g/mol. The van der Waals surface area contributed by atoms with E-state index < -0.39 is 0 Å². The fourth-order valence-electron chi connectivity index (χ4n) is 2.02. The van der Waals surface area contributed by atoms with Gasteiger partial charge in [-0.2, -0.15) is 0 Å². The van der Waals surface area contributed by atoms with Crippen LogP contribution in [0.4, 0.5) is 0 Å². The minimum absolute atomic E-state index is 0.0281. The molecule has 0 heterocycles. The van der Waals surface area contributed by atoms with Crippen molar-refractivity contribution in [3.05, 3.63) is 23.3 Å². The highest BCUT2D eigenvalue weighted by Gasteiger charge is 2.17. The molecule has 2 heteroatoms. The van der Waals surface area contributed by atoms with Crippen LogP contribution in [-0.2, 0) is 4.79 Å². The van der Waals surface area contributed by atoms with Gasteiger partial charge in [0.15, 0.2) is 5.78 Å². The molecule has 0 aliphatic heterocycles. The van der Waals surface area contributed by atoms with Crippen LogP contribution in [0.15, 0.2) is 23.3 Å². The zero-order valence-electron chi connectivity index (χ0n) is 10.2. The molecule has 0 bridgehead atoms. The van der Waals surface area contributed by atoms with E-state index in [2.05, 4.69) is 13.0 Å². The predicted molar refractivity (Wildman–Crippen MR) is 66.3 cm³/mol. The number of hydrogen-bond donors (Lipinski definition) is 1. The molecule has 2 nitrogen and oxygen atoms in total. The molecule has 0 saturated carbocycles. The third-order valence-corrected chi connectivity index (χ3v) is 3.01. The van der Waals surface area contributed by atoms with Crippen LogP contribution in [0.5, 0.6) is 0 Å². The first-order valence-electron chi connectivity index (χ1n) is 6.32. The fourth-order valence-corrected chi connectivity index (χ4v) is 2.02. The second-order valence-corrected chi connectivity index (χ2v) is 4.35. The molecule has 0 fully saturated rings. The van der Waals surface area contributed by atoms with Crippen molar-refractivity contribution in [3.63, 3.8) is 0 Å². The molecule has 90 valence electrons. The standard InChI is InChI=1S/C14H22O2/c1-2-3-4-5-6-9-13-12(11-15)8-7-10-14(13)16/h6,9,15H,2-5,7-8,10-11H2,1H3/b9-6+. The summed E-state index contributed by atoms with van der Waals surface area (Å²) in [7, 11) is 0. The lowest BCUT2D eigenvalue weighted by Gasteiger charge is -2.15. The van der Waals surface area contributed by atoms with Crippen molar-refractivity contribution < 1.29 is 9.90 Å². The zero-order chi connectivity index (χ0) is 11.8. The second-order valence-electron chi connectivity index (χ2n) is 4.35. The van der Waals surface area contributed by atoms with Gasteiger partial charge in [0.05, 0.1) is 6.61 Å². The van der Waals surface area contributed by atoms with Crippen LogP contribution in [0.2, 0.25) is 0 Å². The van der Waals surface area contributed by atoms with Crippen LogP contribution in [0.25, 0.3) is 0 Å². The maximum Gasteiger partial charge on any atom is 0.162 e. The molecule has 0 spiro atoms. The minimum atomic E-state index is 0.0281. The molecular weight excluding hydrogens is 200 g/mol. The minimum Gasteiger partial charge on any atom is -0.392 e. The lowest BCUT2D eigenvalue weighted by molar-refractivity contribution is -0.115. The molecule has 1 aliphatic carbocycles. The number of Topliss-reactive ketones (excluding diaryl/α,β-unsaturated/α-hetero) is 1. The van der Waals surface area contributed by atoms with Crippen molar-refractivity contribution >= 4 is 5.78 Å². The average Bonchev–Trinajstić information content (AvgIpc) is 2.30. The van der Waals surface area contributed by atoms with E-state index in [1.807, 2.05) is 6.08 Å². The van der Waals surface area contributed by atoms with Gasteiger partial charge in [0.25, 0.3) is 0 Å². The maximum atomic E-state index is 11.7. The van der Waals surface area contributed by atoms with Crippen LogP contribution in [0.1, 0.15) is 51.9 Å². The van der Waals surface area contributed by atoms with Gasteiger partial charge in [-0.1, -0.05) is 31.9 Å². The number of allylic oxidation sites excluding steroid dienone is 3. The largest absolute Gasteiger partial charge is 0.392 e. The first-order chi connectivity index (χ1) is 7.79. The number of ketones is 1. The number of rotatable bonds is 6. The molecule has 0 amide bonds. The molecule has 0 aromatic rings. The van der Waals surface area contributed by atoms with Gasteiger partial charge in [-0.15, -0.1) is 0 Å². The predicted octanol–water partition coefficient (Wildman–Crippen LogP) is 3.16. The molecule has 0 unspecified atom stereocenters. The van der Waals surface area contributed by atoms with Gasteiger partial charge in [-0.3, -0.25) is 4.79 Å². The lowest BCUT2D eigenvalue weighted by Crippen LogP contribution is -2.12. The van der Waals surface area contributed by atoms with Gasteiger partial charge in [0, 0.05) is 12.0 Å². The van der Waals surface area contributed by atoms with E-state index in [-0.39, 0.29) is 12.4 Å². The summed E-state index contributed by atoms with van der Waals surface area (Å²) >= 11 is 0. The summed E-state index contributed by atoms with van der Waals surface area (Å²) in [6.45, 7) is 2.21. The third-order valence-electron chi connectivity index (χ3n) is 3.01. The van der Waals surface area contributed by atoms with Crippen molar-refractivity contribution in [2.75, 3.05) is 6.61 Å². The Kier molecular flexibility index (Phi) is 6.09. The maximum absolute atomic E-state index is 11.7. The monoisotopic (exact) mass is 222 g/mol. The molecule has 0 aromatic heterocycles. The van der Waals surface area contributed by atoms with Crippen LogP contribution in [-0.4, -0.2) is 17.5 Å². The van der Waals surface area contributed by atoms with Crippen LogP contribution in [0, 0.1) is 0 Å². The molecule has 0 atom stereocenters. The molecule has 0 aromatic carbocycles. The summed E-state index contributed by atoms with van der Waals surface area (Å²) in [5.41, 5.74) is 1.69. The van der Waals surface area contributed by atoms with Gasteiger partial charge in [0.1, 0.15) is 0 Å². The highest BCUT2D eigenvalue weighted by Crippen LogP contribution is 2.22. The number of hydrogen-bond acceptors (Lipinski definition) is 2. The van der Waals surface area contributed by atoms with Crippen molar-refractivity contribution in [2.24, 2.45) is 0 Å². The fraction of sp³-hybridized carbons (Fsp3) is 0.643. The Morgan fingerprint density at radius 3 is 2.81 bits per heavy atom. The molecule has 1 N–H and O–H groups in total. The first kappa shape index (κ1) is 13.2. The normalized spacial score (nSPS) is 17.5. The van der Waals surface area contributed by atoms with Crippen LogP contribution < -0.4 is 0 Å². The number of carbonyl (C=O) groups excluding carboxylic acids is 1. The van der Waals surface area contributed by atoms with Gasteiger partial charge < -0.3 is 5.11 Å². The summed E-state index contributed by atoms with van der Waals surface area (Å²) < 4.78 is 0. The Bertz CT molecular complexity index is 287. The molecular formula is C14H22O2. The van der Waals surface area contributed by atoms with Gasteiger partial charge >= 0.3 is 0 Å². The van der Waals surface area contributed by atoms with Gasteiger partial charge in [-0.05, 0) is 31.3 Å². The smallest absolute Gasteiger partial charge is 0.162 e. The Morgan fingerprint density at radius 1 is 1.31 bits per heavy atom. The topological polar surface area (TPSA) is 37.3 Å². The van der Waals surface area contributed by atoms with E-state index in [1.165, 1.54) is 19.3 Å². The Labute approximate surface area is 98.1 Å². The zero-order valence-corrected chi connectivity index (χ0v) is 10.2. The molecule has 1 rings (SSSR count). The molecule has 16 heavy (non-hydrogen) atoms. The molecule has 0 saturated heterocycles. The summed E-state index contributed by atoms with van der Waals surface area (Å²) in [6.07, 6.45) is 11.1. The number of aliphatic hydroxyl groups is 1. The lowest BCUT2D eigenvalue weighted by atomic mass is 9.90. The van der Waals surface area contributed by atoms with Crippen molar-refractivity contribution in [3.8, 4) is 0 Å². The Balaban J connectivity index is 2.54.